The van der Waals surface area contributed by atoms with Crippen molar-refractivity contribution < 1.29 is 14.3 Å². The molecule has 0 amide bonds. The molecule has 0 aliphatic heterocycles. The number of carbonyl (C=O) groups is 1. The third-order valence-electron chi connectivity index (χ3n) is 1.01. The quantitative estimate of drug-likeness (QED) is 0.568. The monoisotopic (exact) mass is 145 g/mol. The normalized spacial score (nSPS) is 12.3. The molecule has 0 saturated carbocycles. The second kappa shape index (κ2) is 5.09. The van der Waals surface area contributed by atoms with Gasteiger partial charge in [0.25, 0.3) is 0 Å². The smallest absolute Gasteiger partial charge is 0.435 e. The number of carbonyl (C=O) groups excluding carboxylic acids is 1. The minimum Gasteiger partial charge on any atom is -0.435 e. The van der Waals surface area contributed by atoms with Gasteiger partial charge in [-0.15, -0.1) is 0 Å². The predicted octanol–water partition coefficient (Wildman–Crippen LogP) is 1.77. The number of rotatable bonds is 3. The van der Waals surface area contributed by atoms with Gasteiger partial charge < -0.3 is 9.47 Å². The fourth-order valence-electron chi connectivity index (χ4n) is 0.372. The molecule has 0 bridgehead atoms. The van der Waals surface area contributed by atoms with Crippen LogP contribution in [-0.2, 0) is 9.47 Å². The lowest BCUT2D eigenvalue weighted by atomic mass is 10.3. The van der Waals surface area contributed by atoms with E-state index in [9.17, 15) is 4.79 Å². The van der Waals surface area contributed by atoms with E-state index in [0.29, 0.717) is 6.61 Å². The second-order valence-electron chi connectivity index (χ2n) is 1.84. The van der Waals surface area contributed by atoms with Gasteiger partial charge in [0.05, 0.1) is 6.61 Å². The highest BCUT2D eigenvalue weighted by molar-refractivity contribution is 5.60. The van der Waals surface area contributed by atoms with Crippen molar-refractivity contribution in [2.75, 3.05) is 6.61 Å². The van der Waals surface area contributed by atoms with E-state index in [-0.39, 0.29) is 6.10 Å². The van der Waals surface area contributed by atoms with Gasteiger partial charge >= 0.3 is 6.16 Å². The van der Waals surface area contributed by atoms with Gasteiger partial charge in [-0.3, -0.25) is 0 Å². The fourth-order valence-corrected chi connectivity index (χ4v) is 0.372. The molecule has 3 nitrogen and oxygen atoms in total. The summed E-state index contributed by atoms with van der Waals surface area (Å²) >= 11 is 0. The zero-order chi connectivity index (χ0) is 7.98. The molecule has 0 aliphatic rings. The molecule has 0 aliphatic carbocycles. The van der Waals surface area contributed by atoms with Crippen LogP contribution in [0.1, 0.15) is 20.8 Å². The lowest BCUT2D eigenvalue weighted by Gasteiger charge is -2.08. The molecule has 0 aromatic rings. The first-order chi connectivity index (χ1) is 4.70. The van der Waals surface area contributed by atoms with E-state index in [1.165, 1.54) is 0 Å². The Labute approximate surface area is 61.3 Å². The van der Waals surface area contributed by atoms with E-state index in [0.717, 1.165) is 0 Å². The fraction of sp³-hybridized carbons (Fsp3) is 0.714. The van der Waals surface area contributed by atoms with Gasteiger partial charge in [0.2, 0.25) is 0 Å². The molecule has 10 heavy (non-hydrogen) atoms. The maximum absolute atomic E-state index is 10.5. The molecule has 1 atom stereocenters. The molecule has 1 radical (unpaired) electrons. The Morgan fingerprint density at radius 2 is 2.30 bits per heavy atom. The van der Waals surface area contributed by atoms with Crippen LogP contribution in [0.5, 0.6) is 0 Å². The molecule has 0 heterocycles. The lowest BCUT2D eigenvalue weighted by molar-refractivity contribution is 0.0414. The molecule has 0 rings (SSSR count). The van der Waals surface area contributed by atoms with Crippen LogP contribution in [-0.4, -0.2) is 18.9 Å². The molecule has 0 aromatic heterocycles. The van der Waals surface area contributed by atoms with Crippen molar-refractivity contribution in [3.63, 3.8) is 0 Å². The summed E-state index contributed by atoms with van der Waals surface area (Å²) in [7, 11) is 0. The first-order valence-electron chi connectivity index (χ1n) is 3.33. The molecule has 0 saturated heterocycles. The zero-order valence-corrected chi connectivity index (χ0v) is 6.59. The molecule has 59 valence electrons. The van der Waals surface area contributed by atoms with Gasteiger partial charge in [-0.1, -0.05) is 6.92 Å². The van der Waals surface area contributed by atoms with E-state index >= 15 is 0 Å². The van der Waals surface area contributed by atoms with E-state index < -0.39 is 6.16 Å². The summed E-state index contributed by atoms with van der Waals surface area (Å²) in [6.07, 6.45) is 1.00. The summed E-state index contributed by atoms with van der Waals surface area (Å²) in [6.45, 7) is 5.69. The molecule has 3 heteroatoms. The van der Waals surface area contributed by atoms with Crippen LogP contribution in [0.4, 0.5) is 4.79 Å². The second-order valence-corrected chi connectivity index (χ2v) is 1.84. The SMILES string of the molecule is C[CH][C@H](C)OC(=O)OCC. The summed E-state index contributed by atoms with van der Waals surface area (Å²) in [5.74, 6) is 0. The first-order valence-corrected chi connectivity index (χ1v) is 3.33. The van der Waals surface area contributed by atoms with Crippen LogP contribution in [0.15, 0.2) is 0 Å². The van der Waals surface area contributed by atoms with Crippen molar-refractivity contribution in [1.82, 2.24) is 0 Å². The van der Waals surface area contributed by atoms with Gasteiger partial charge in [-0.2, -0.15) is 0 Å². The maximum atomic E-state index is 10.5. The van der Waals surface area contributed by atoms with Gasteiger partial charge in [0, 0.05) is 0 Å². The van der Waals surface area contributed by atoms with Crippen molar-refractivity contribution in [2.45, 2.75) is 26.9 Å². The summed E-state index contributed by atoms with van der Waals surface area (Å²) < 4.78 is 9.26. The van der Waals surface area contributed by atoms with Crippen LogP contribution in [0.25, 0.3) is 0 Å². The van der Waals surface area contributed by atoms with E-state index in [1.54, 1.807) is 20.3 Å². The Kier molecular flexibility index (Phi) is 4.72. The molecule has 0 spiro atoms. The summed E-state index contributed by atoms with van der Waals surface area (Å²) in [6, 6.07) is 0. The van der Waals surface area contributed by atoms with E-state index in [1.807, 2.05) is 6.92 Å². The molecule has 0 aromatic carbocycles. The van der Waals surface area contributed by atoms with Crippen LogP contribution in [0, 0.1) is 6.42 Å². The minimum atomic E-state index is -0.604. The molecule has 0 fully saturated rings. The van der Waals surface area contributed by atoms with Gasteiger partial charge in [-0.05, 0) is 20.3 Å². The van der Waals surface area contributed by atoms with Crippen LogP contribution in [0.3, 0.4) is 0 Å². The minimum absolute atomic E-state index is 0.168. The average Bonchev–Trinajstić information content (AvgIpc) is 1.88. The highest BCUT2D eigenvalue weighted by Gasteiger charge is 2.06. The van der Waals surface area contributed by atoms with Crippen LogP contribution < -0.4 is 0 Å². The van der Waals surface area contributed by atoms with Crippen molar-refractivity contribution in [3.05, 3.63) is 6.42 Å². The number of hydrogen-bond donors (Lipinski definition) is 0. The average molecular weight is 145 g/mol. The van der Waals surface area contributed by atoms with E-state index in [4.69, 9.17) is 4.74 Å². The zero-order valence-electron chi connectivity index (χ0n) is 6.59. The molecular weight excluding hydrogens is 132 g/mol. The molecule has 0 unspecified atom stereocenters. The largest absolute Gasteiger partial charge is 0.508 e. The molecular formula is C7H13O3. The van der Waals surface area contributed by atoms with Gasteiger partial charge in [0.15, 0.2) is 0 Å². The standard InChI is InChI=1S/C7H13O3/c1-4-6(3)10-7(8)9-5-2/h4,6H,5H2,1-3H3/t6-/m0/s1. The topological polar surface area (TPSA) is 35.5 Å². The van der Waals surface area contributed by atoms with Crippen LogP contribution in [0.2, 0.25) is 0 Å². The highest BCUT2D eigenvalue weighted by atomic mass is 16.7. The number of hydrogen-bond acceptors (Lipinski definition) is 3. The predicted molar refractivity (Wildman–Crippen MR) is 37.5 cm³/mol. The highest BCUT2D eigenvalue weighted by Crippen LogP contribution is 1.96. The Balaban J connectivity index is 3.37. The Morgan fingerprint density at radius 1 is 1.70 bits per heavy atom. The number of ether oxygens (including phenoxy) is 2. The van der Waals surface area contributed by atoms with Crippen molar-refractivity contribution in [1.29, 1.82) is 0 Å². The first kappa shape index (κ1) is 9.27. The Morgan fingerprint density at radius 3 is 2.70 bits per heavy atom. The van der Waals surface area contributed by atoms with Gasteiger partial charge in [0.1, 0.15) is 6.10 Å². The van der Waals surface area contributed by atoms with Crippen molar-refractivity contribution >= 4 is 6.16 Å². The summed E-state index contributed by atoms with van der Waals surface area (Å²) in [4.78, 5) is 10.5. The summed E-state index contributed by atoms with van der Waals surface area (Å²) in [5.41, 5.74) is 0. The Bertz CT molecular complexity index is 101. The summed E-state index contributed by atoms with van der Waals surface area (Å²) in [5, 5.41) is 0. The molecule has 0 N–H and O–H groups in total. The van der Waals surface area contributed by atoms with Crippen molar-refractivity contribution in [2.24, 2.45) is 0 Å². The van der Waals surface area contributed by atoms with Gasteiger partial charge in [-0.25, -0.2) is 4.79 Å². The van der Waals surface area contributed by atoms with E-state index in [2.05, 4.69) is 4.74 Å². The maximum Gasteiger partial charge on any atom is 0.508 e. The lowest BCUT2D eigenvalue weighted by Crippen LogP contribution is -2.15. The Hall–Kier alpha value is -0.730. The van der Waals surface area contributed by atoms with Crippen molar-refractivity contribution in [3.8, 4) is 0 Å². The third kappa shape index (κ3) is 4.18. The third-order valence-corrected chi connectivity index (χ3v) is 1.01. The van der Waals surface area contributed by atoms with Crippen LogP contribution >= 0.6 is 0 Å².